The summed E-state index contributed by atoms with van der Waals surface area (Å²) in [7, 11) is 0. The first kappa shape index (κ1) is 12.4. The molecule has 0 unspecified atom stereocenters. The van der Waals surface area contributed by atoms with Crippen LogP contribution >= 0.6 is 11.6 Å². The fourth-order valence-corrected chi connectivity index (χ4v) is 2.02. The molecular weight excluding hydrogens is 238 g/mol. The van der Waals surface area contributed by atoms with Crippen LogP contribution < -0.4 is 14.8 Å². The lowest BCUT2D eigenvalue weighted by Crippen LogP contribution is -2.15. The zero-order chi connectivity index (χ0) is 12.1. The molecule has 0 aromatic heterocycles. The monoisotopic (exact) mass is 255 g/mol. The Morgan fingerprint density at radius 1 is 1.18 bits per heavy atom. The Hall–Kier alpha value is -1.09. The fraction of sp³-hybridized carbons (Fsp3) is 0.538. The molecule has 94 valence electrons. The van der Waals surface area contributed by atoms with Crippen molar-refractivity contribution in [3.63, 3.8) is 0 Å². The molecule has 4 heteroatoms. The van der Waals surface area contributed by atoms with Crippen molar-refractivity contribution < 1.29 is 9.47 Å². The van der Waals surface area contributed by atoms with Crippen molar-refractivity contribution >= 4 is 17.3 Å². The van der Waals surface area contributed by atoms with E-state index in [9.17, 15) is 0 Å². The molecule has 1 N–H and O–H groups in total. The van der Waals surface area contributed by atoms with Crippen molar-refractivity contribution in [2.75, 3.05) is 25.1 Å². The molecule has 17 heavy (non-hydrogen) atoms. The summed E-state index contributed by atoms with van der Waals surface area (Å²) in [6.07, 6.45) is 3.60. The first-order chi connectivity index (χ1) is 8.31. The third-order valence-corrected chi connectivity index (χ3v) is 3.04. The van der Waals surface area contributed by atoms with Gasteiger partial charge in [-0.25, -0.2) is 0 Å². The molecule has 1 aromatic carbocycles. The highest BCUT2D eigenvalue weighted by molar-refractivity contribution is 6.33. The second-order valence-corrected chi connectivity index (χ2v) is 4.52. The summed E-state index contributed by atoms with van der Waals surface area (Å²) in [4.78, 5) is 0. The molecule has 1 aromatic rings. The number of hydrogen-bond acceptors (Lipinski definition) is 3. The van der Waals surface area contributed by atoms with E-state index in [1.54, 1.807) is 0 Å². The molecule has 0 saturated carbocycles. The predicted molar refractivity (Wildman–Crippen MR) is 70.5 cm³/mol. The largest absolute Gasteiger partial charge is 0.486 e. The average Bonchev–Trinajstić information content (AvgIpc) is 2.35. The number of nitrogens with one attached hydrogen (secondary N) is 1. The lowest BCUT2D eigenvalue weighted by atomic mass is 10.2. The average molecular weight is 256 g/mol. The van der Waals surface area contributed by atoms with E-state index in [4.69, 9.17) is 21.1 Å². The molecule has 0 amide bonds. The molecule has 0 atom stereocenters. The first-order valence-electron chi connectivity index (χ1n) is 6.14. The van der Waals surface area contributed by atoms with Crippen molar-refractivity contribution in [1.82, 2.24) is 0 Å². The summed E-state index contributed by atoms with van der Waals surface area (Å²) in [6, 6.07) is 3.74. The summed E-state index contributed by atoms with van der Waals surface area (Å²) in [5, 5.41) is 4.02. The number of halogens is 1. The highest BCUT2D eigenvalue weighted by Gasteiger charge is 2.14. The first-order valence-corrected chi connectivity index (χ1v) is 6.52. The molecule has 3 nitrogen and oxygen atoms in total. The van der Waals surface area contributed by atoms with E-state index in [1.165, 1.54) is 12.8 Å². The van der Waals surface area contributed by atoms with Crippen LogP contribution in [0.3, 0.4) is 0 Å². The minimum Gasteiger partial charge on any atom is -0.486 e. The Labute approximate surface area is 107 Å². The second-order valence-electron chi connectivity index (χ2n) is 4.11. The van der Waals surface area contributed by atoms with Crippen molar-refractivity contribution in [2.24, 2.45) is 0 Å². The minimum absolute atomic E-state index is 0.590. The van der Waals surface area contributed by atoms with Crippen LogP contribution in [0.2, 0.25) is 5.02 Å². The minimum atomic E-state index is 0.590. The lowest BCUT2D eigenvalue weighted by molar-refractivity contribution is 0.171. The maximum atomic E-state index is 6.18. The second kappa shape index (κ2) is 6.01. The van der Waals surface area contributed by atoms with Gasteiger partial charge in [0.25, 0.3) is 0 Å². The Morgan fingerprint density at radius 2 is 1.88 bits per heavy atom. The number of hydrogen-bond donors (Lipinski definition) is 1. The van der Waals surface area contributed by atoms with Gasteiger partial charge in [0.05, 0.1) is 10.7 Å². The maximum absolute atomic E-state index is 6.18. The van der Waals surface area contributed by atoms with Crippen molar-refractivity contribution in [1.29, 1.82) is 0 Å². The number of anilines is 1. The summed E-state index contributed by atoms with van der Waals surface area (Å²) in [5.74, 6) is 1.51. The summed E-state index contributed by atoms with van der Waals surface area (Å²) < 4.78 is 11.0. The Morgan fingerprint density at radius 3 is 2.59 bits per heavy atom. The van der Waals surface area contributed by atoms with Crippen molar-refractivity contribution in [3.8, 4) is 11.5 Å². The Bertz CT molecular complexity index is 382. The normalized spacial score (nSPS) is 13.5. The van der Waals surface area contributed by atoms with E-state index < -0.39 is 0 Å². The number of rotatable bonds is 5. The van der Waals surface area contributed by atoms with Crippen molar-refractivity contribution in [2.45, 2.75) is 26.2 Å². The standard InChI is InChI=1S/C13H18ClNO2/c1-2-3-4-5-15-11-9-13-12(8-10(11)14)16-6-7-17-13/h8-9,15H,2-7H2,1H3. The van der Waals surface area contributed by atoms with Gasteiger partial charge in [-0.3, -0.25) is 0 Å². The molecule has 2 rings (SSSR count). The molecule has 0 saturated heterocycles. The van der Waals surface area contributed by atoms with Gasteiger partial charge in [0.2, 0.25) is 0 Å². The smallest absolute Gasteiger partial charge is 0.163 e. The van der Waals surface area contributed by atoms with Gasteiger partial charge in [-0.2, -0.15) is 0 Å². The molecular formula is C13H18ClNO2. The van der Waals surface area contributed by atoms with Gasteiger partial charge in [-0.05, 0) is 6.42 Å². The zero-order valence-corrected chi connectivity index (χ0v) is 10.8. The summed E-state index contributed by atoms with van der Waals surface area (Å²) >= 11 is 6.18. The van der Waals surface area contributed by atoms with Gasteiger partial charge in [-0.15, -0.1) is 0 Å². The Kier molecular flexibility index (Phi) is 4.37. The van der Waals surface area contributed by atoms with E-state index in [-0.39, 0.29) is 0 Å². The number of ether oxygens (including phenoxy) is 2. The molecule has 1 aliphatic heterocycles. The fourth-order valence-electron chi connectivity index (χ4n) is 1.80. The van der Waals surface area contributed by atoms with E-state index in [0.29, 0.717) is 18.2 Å². The molecule has 0 radical (unpaired) electrons. The molecule has 0 bridgehead atoms. The SMILES string of the molecule is CCCCCNc1cc2c(cc1Cl)OCCO2. The molecule has 1 heterocycles. The van der Waals surface area contributed by atoms with Gasteiger partial charge >= 0.3 is 0 Å². The number of fused-ring (bicyclic) bond motifs is 1. The number of unbranched alkanes of at least 4 members (excludes halogenated alkanes) is 2. The summed E-state index contributed by atoms with van der Waals surface area (Å²) in [6.45, 7) is 4.32. The van der Waals surface area contributed by atoms with E-state index >= 15 is 0 Å². The van der Waals surface area contributed by atoms with Crippen LogP contribution in [0, 0.1) is 0 Å². The lowest BCUT2D eigenvalue weighted by Gasteiger charge is -2.20. The van der Waals surface area contributed by atoms with Crippen molar-refractivity contribution in [3.05, 3.63) is 17.2 Å². The third kappa shape index (κ3) is 3.19. The zero-order valence-electron chi connectivity index (χ0n) is 10.1. The Balaban J connectivity index is 2.01. The third-order valence-electron chi connectivity index (χ3n) is 2.73. The van der Waals surface area contributed by atoms with Gasteiger partial charge in [0, 0.05) is 18.7 Å². The highest BCUT2D eigenvalue weighted by Crippen LogP contribution is 2.37. The van der Waals surface area contributed by atoms with Gasteiger partial charge in [-0.1, -0.05) is 31.4 Å². The number of benzene rings is 1. The van der Waals surface area contributed by atoms with Crippen LogP contribution in [0.4, 0.5) is 5.69 Å². The molecule has 1 aliphatic rings. The van der Waals surface area contributed by atoms with E-state index in [1.807, 2.05) is 12.1 Å². The topological polar surface area (TPSA) is 30.5 Å². The van der Waals surface area contributed by atoms with Crippen LogP contribution in [0.1, 0.15) is 26.2 Å². The van der Waals surface area contributed by atoms with Crippen LogP contribution in [0.5, 0.6) is 11.5 Å². The molecule has 0 aliphatic carbocycles. The van der Waals surface area contributed by atoms with Gasteiger partial charge in [0.1, 0.15) is 13.2 Å². The van der Waals surface area contributed by atoms with Crippen LogP contribution in [0.15, 0.2) is 12.1 Å². The predicted octanol–water partition coefficient (Wildman–Crippen LogP) is 3.71. The maximum Gasteiger partial charge on any atom is 0.163 e. The van der Waals surface area contributed by atoms with Gasteiger partial charge < -0.3 is 14.8 Å². The van der Waals surface area contributed by atoms with Gasteiger partial charge in [0.15, 0.2) is 11.5 Å². The van der Waals surface area contributed by atoms with E-state index in [0.717, 1.165) is 30.2 Å². The van der Waals surface area contributed by atoms with E-state index in [2.05, 4.69) is 12.2 Å². The highest BCUT2D eigenvalue weighted by atomic mass is 35.5. The van der Waals surface area contributed by atoms with Crippen LogP contribution in [0.25, 0.3) is 0 Å². The quantitative estimate of drug-likeness (QED) is 0.814. The van der Waals surface area contributed by atoms with Crippen LogP contribution in [-0.2, 0) is 0 Å². The molecule has 0 fully saturated rings. The van der Waals surface area contributed by atoms with Crippen LogP contribution in [-0.4, -0.2) is 19.8 Å². The summed E-state index contributed by atoms with van der Waals surface area (Å²) in [5.41, 5.74) is 0.923. The molecule has 0 spiro atoms.